The molecule has 132 valence electrons. The van der Waals surface area contributed by atoms with E-state index in [0.29, 0.717) is 36.8 Å². The third-order valence-corrected chi connectivity index (χ3v) is 4.54. The molecule has 0 spiro atoms. The predicted molar refractivity (Wildman–Crippen MR) is 97.9 cm³/mol. The van der Waals surface area contributed by atoms with E-state index in [0.717, 1.165) is 16.9 Å². The highest BCUT2D eigenvalue weighted by atomic mass is 32.2. The van der Waals surface area contributed by atoms with E-state index in [1.54, 1.807) is 24.9 Å². The summed E-state index contributed by atoms with van der Waals surface area (Å²) in [6.07, 6.45) is 2.78. The van der Waals surface area contributed by atoms with Crippen LogP contribution in [0.2, 0.25) is 0 Å². The number of hydrogen-bond donors (Lipinski definition) is 0. The van der Waals surface area contributed by atoms with Crippen LogP contribution in [0.4, 0.5) is 10.1 Å². The molecule has 0 saturated heterocycles. The zero-order chi connectivity index (χ0) is 17.8. The van der Waals surface area contributed by atoms with E-state index in [-0.39, 0.29) is 5.91 Å². The summed E-state index contributed by atoms with van der Waals surface area (Å²) in [5.41, 5.74) is 2.02. The molecule has 3 rings (SSSR count). The van der Waals surface area contributed by atoms with Gasteiger partial charge in [0, 0.05) is 12.0 Å². The predicted octanol–water partition coefficient (Wildman–Crippen LogP) is 4.01. The van der Waals surface area contributed by atoms with Gasteiger partial charge < -0.3 is 14.4 Å². The Labute approximate surface area is 150 Å². The average molecular weight is 361 g/mol. The number of amides is 1. The molecule has 0 atom stereocenters. The van der Waals surface area contributed by atoms with Crippen LogP contribution in [0.3, 0.4) is 0 Å². The number of halogens is 1. The number of hydrogen-bond acceptors (Lipinski definition) is 4. The molecule has 0 radical (unpaired) electrons. The second-order valence-corrected chi connectivity index (χ2v) is 6.56. The van der Waals surface area contributed by atoms with Crippen molar-refractivity contribution in [1.29, 1.82) is 0 Å². The number of rotatable bonds is 6. The number of benzene rings is 2. The van der Waals surface area contributed by atoms with E-state index in [4.69, 9.17) is 9.47 Å². The number of nitrogens with zero attached hydrogens (tertiary/aromatic N) is 1. The Bertz CT molecular complexity index is 764. The van der Waals surface area contributed by atoms with Crippen molar-refractivity contribution in [2.24, 2.45) is 0 Å². The summed E-state index contributed by atoms with van der Waals surface area (Å²) in [4.78, 5) is 14.0. The number of methoxy groups -OCH3 is 1. The first-order chi connectivity index (χ1) is 12.1. The Morgan fingerprint density at radius 3 is 2.60 bits per heavy atom. The Morgan fingerprint density at radius 2 is 1.92 bits per heavy atom. The fraction of sp³-hybridized carbons (Fsp3) is 0.316. The summed E-state index contributed by atoms with van der Waals surface area (Å²) in [5.74, 6) is 1.41. The molecule has 0 unspecified atom stereocenters. The maximum absolute atomic E-state index is 14.5. The molecule has 0 fully saturated rings. The fourth-order valence-corrected chi connectivity index (χ4v) is 3.20. The summed E-state index contributed by atoms with van der Waals surface area (Å²) in [7, 11) is 1.60. The van der Waals surface area contributed by atoms with Crippen molar-refractivity contribution < 1.29 is 18.7 Å². The molecule has 1 heterocycles. The molecule has 0 N–H and O–H groups in total. The lowest BCUT2D eigenvalue weighted by molar-refractivity contribution is -0.119. The van der Waals surface area contributed by atoms with Crippen molar-refractivity contribution >= 4 is 23.4 Å². The van der Waals surface area contributed by atoms with Gasteiger partial charge in [-0.1, -0.05) is 12.1 Å². The summed E-state index contributed by atoms with van der Waals surface area (Å²) in [6, 6.07) is 10.4. The van der Waals surface area contributed by atoms with Crippen molar-refractivity contribution in [3.63, 3.8) is 0 Å². The standard InChI is InChI=1S/C19H20FNO3S/c1-23-14-5-3-13(4-6-14)11-21-18(22)10-7-15-17(24-12-25-2)9-8-16(20)19(15)21/h3-6,8-9H,7,10-12H2,1-2H3. The molecule has 0 aliphatic carbocycles. The first-order valence-electron chi connectivity index (χ1n) is 8.00. The fourth-order valence-electron chi connectivity index (χ4n) is 2.95. The molecular formula is C19H20FNO3S. The van der Waals surface area contributed by atoms with Crippen molar-refractivity contribution in [3.05, 3.63) is 53.3 Å². The lowest BCUT2D eigenvalue weighted by atomic mass is 9.99. The first-order valence-corrected chi connectivity index (χ1v) is 9.40. The molecule has 0 saturated carbocycles. The first kappa shape index (κ1) is 17.6. The van der Waals surface area contributed by atoms with Gasteiger partial charge in [0.05, 0.1) is 19.3 Å². The molecule has 25 heavy (non-hydrogen) atoms. The van der Waals surface area contributed by atoms with Gasteiger partial charge in [-0.25, -0.2) is 4.39 Å². The van der Waals surface area contributed by atoms with E-state index in [1.807, 2.05) is 30.5 Å². The highest BCUT2D eigenvalue weighted by molar-refractivity contribution is 7.98. The molecule has 6 heteroatoms. The molecule has 1 amide bonds. The minimum atomic E-state index is -0.395. The number of anilines is 1. The monoisotopic (exact) mass is 361 g/mol. The Morgan fingerprint density at radius 1 is 1.16 bits per heavy atom. The number of carbonyl (C=O) groups excluding carboxylic acids is 1. The third-order valence-electron chi connectivity index (χ3n) is 4.18. The van der Waals surface area contributed by atoms with Crippen LogP contribution in [0, 0.1) is 5.82 Å². The van der Waals surface area contributed by atoms with Gasteiger partial charge in [0.25, 0.3) is 0 Å². The number of ether oxygens (including phenoxy) is 2. The quantitative estimate of drug-likeness (QED) is 0.729. The van der Waals surface area contributed by atoms with Gasteiger partial charge >= 0.3 is 0 Å². The lowest BCUT2D eigenvalue weighted by Gasteiger charge is -2.31. The average Bonchev–Trinajstić information content (AvgIpc) is 2.64. The second-order valence-electron chi connectivity index (χ2n) is 5.75. The van der Waals surface area contributed by atoms with Gasteiger partial charge in [0.1, 0.15) is 23.3 Å². The zero-order valence-electron chi connectivity index (χ0n) is 14.3. The van der Waals surface area contributed by atoms with Crippen molar-refractivity contribution in [3.8, 4) is 11.5 Å². The molecule has 0 bridgehead atoms. The summed E-state index contributed by atoms with van der Waals surface area (Å²) in [5, 5.41) is 0. The van der Waals surface area contributed by atoms with E-state index in [1.165, 1.54) is 11.0 Å². The molecule has 1 aliphatic rings. The molecule has 4 nitrogen and oxygen atoms in total. The van der Waals surface area contributed by atoms with Crippen LogP contribution < -0.4 is 14.4 Å². The van der Waals surface area contributed by atoms with Crippen LogP contribution in [-0.2, 0) is 17.8 Å². The third kappa shape index (κ3) is 3.74. The van der Waals surface area contributed by atoms with Gasteiger partial charge in [-0.2, -0.15) is 0 Å². The van der Waals surface area contributed by atoms with Crippen molar-refractivity contribution in [2.75, 3.05) is 24.2 Å². The van der Waals surface area contributed by atoms with Crippen LogP contribution >= 0.6 is 11.8 Å². The normalized spacial score (nSPS) is 13.6. The number of fused-ring (bicyclic) bond motifs is 1. The maximum atomic E-state index is 14.5. The Hall–Kier alpha value is -2.21. The molecule has 2 aromatic carbocycles. The van der Waals surface area contributed by atoms with Crippen LogP contribution in [0.5, 0.6) is 11.5 Å². The molecule has 2 aromatic rings. The van der Waals surface area contributed by atoms with Gasteiger partial charge in [-0.3, -0.25) is 4.79 Å². The highest BCUT2D eigenvalue weighted by Crippen LogP contribution is 2.38. The van der Waals surface area contributed by atoms with E-state index in [9.17, 15) is 9.18 Å². The zero-order valence-corrected chi connectivity index (χ0v) is 15.1. The second kappa shape index (κ2) is 7.78. The van der Waals surface area contributed by atoms with Crippen LogP contribution in [-0.4, -0.2) is 25.2 Å². The summed E-state index contributed by atoms with van der Waals surface area (Å²) >= 11 is 1.55. The Kier molecular flexibility index (Phi) is 5.48. The van der Waals surface area contributed by atoms with Crippen LogP contribution in [0.25, 0.3) is 0 Å². The van der Waals surface area contributed by atoms with E-state index < -0.39 is 5.82 Å². The summed E-state index contributed by atoms with van der Waals surface area (Å²) in [6.45, 7) is 0.318. The lowest BCUT2D eigenvalue weighted by Crippen LogP contribution is -2.35. The highest BCUT2D eigenvalue weighted by Gasteiger charge is 2.29. The molecular weight excluding hydrogens is 341 g/mol. The minimum Gasteiger partial charge on any atom is -0.497 e. The SMILES string of the molecule is COc1ccc(CN2C(=O)CCc3c(OCSC)ccc(F)c32)cc1. The van der Waals surface area contributed by atoms with Gasteiger partial charge in [0.2, 0.25) is 5.91 Å². The number of thioether (sulfide) groups is 1. The molecule has 1 aliphatic heterocycles. The van der Waals surface area contributed by atoms with Crippen LogP contribution in [0.1, 0.15) is 17.5 Å². The molecule has 0 aromatic heterocycles. The Balaban J connectivity index is 1.94. The summed E-state index contributed by atoms with van der Waals surface area (Å²) < 4.78 is 25.4. The maximum Gasteiger partial charge on any atom is 0.227 e. The van der Waals surface area contributed by atoms with Gasteiger partial charge in [-0.15, -0.1) is 11.8 Å². The van der Waals surface area contributed by atoms with Gasteiger partial charge in [-0.05, 0) is 42.5 Å². The van der Waals surface area contributed by atoms with Gasteiger partial charge in [0.15, 0.2) is 0 Å². The largest absolute Gasteiger partial charge is 0.497 e. The number of carbonyl (C=O) groups is 1. The van der Waals surface area contributed by atoms with E-state index >= 15 is 0 Å². The van der Waals surface area contributed by atoms with Crippen molar-refractivity contribution in [1.82, 2.24) is 0 Å². The van der Waals surface area contributed by atoms with Crippen LogP contribution in [0.15, 0.2) is 36.4 Å². The minimum absolute atomic E-state index is 0.0794. The van der Waals surface area contributed by atoms with E-state index in [2.05, 4.69) is 0 Å². The van der Waals surface area contributed by atoms with Crippen molar-refractivity contribution in [2.45, 2.75) is 19.4 Å². The topological polar surface area (TPSA) is 38.8 Å². The smallest absolute Gasteiger partial charge is 0.227 e.